The minimum absolute atomic E-state index is 0.191. The van der Waals surface area contributed by atoms with Gasteiger partial charge in [0, 0.05) is 18.8 Å². The molecule has 142 valence electrons. The Hall–Kier alpha value is -2.19. The molecule has 0 saturated heterocycles. The van der Waals surface area contributed by atoms with Gasteiger partial charge < -0.3 is 9.84 Å². The quantitative estimate of drug-likeness (QED) is 0.798. The average Bonchev–Trinajstić information content (AvgIpc) is 2.98. The number of nitrogens with zero attached hydrogens (tertiary/aromatic N) is 2. The van der Waals surface area contributed by atoms with Gasteiger partial charge >= 0.3 is 0 Å². The van der Waals surface area contributed by atoms with E-state index in [1.165, 1.54) is 10.4 Å². The molecule has 0 aliphatic rings. The lowest BCUT2D eigenvalue weighted by molar-refractivity contribution is 0.102. The zero-order valence-electron chi connectivity index (χ0n) is 15.8. The van der Waals surface area contributed by atoms with E-state index in [9.17, 15) is 13.2 Å². The molecule has 26 heavy (non-hydrogen) atoms. The Balaban J connectivity index is 2.38. The van der Waals surface area contributed by atoms with Gasteiger partial charge in [-0.15, -0.1) is 0 Å². The van der Waals surface area contributed by atoms with Gasteiger partial charge in [0.15, 0.2) is 0 Å². The van der Waals surface area contributed by atoms with Crippen LogP contribution in [0.1, 0.15) is 48.1 Å². The van der Waals surface area contributed by atoms with Crippen LogP contribution in [0.5, 0.6) is 0 Å². The second kappa shape index (κ2) is 8.01. The maximum Gasteiger partial charge on any atom is 0.261 e. The molecule has 0 spiro atoms. The van der Waals surface area contributed by atoms with Crippen molar-refractivity contribution in [3.63, 3.8) is 0 Å². The summed E-state index contributed by atoms with van der Waals surface area (Å²) in [5.74, 6) is 0.0677. The fourth-order valence-corrected chi connectivity index (χ4v) is 4.51. The molecule has 8 heteroatoms. The highest BCUT2D eigenvalue weighted by Crippen LogP contribution is 2.24. The fourth-order valence-electron chi connectivity index (χ4n) is 2.80. The lowest BCUT2D eigenvalue weighted by Gasteiger charge is -2.20. The number of hydrogen-bond acceptors (Lipinski definition) is 5. The third-order valence-corrected chi connectivity index (χ3v) is 6.46. The molecule has 2 rings (SSSR count). The average molecular weight is 379 g/mol. The van der Waals surface area contributed by atoms with Gasteiger partial charge in [0.05, 0.1) is 10.6 Å². The van der Waals surface area contributed by atoms with E-state index in [4.69, 9.17) is 4.52 Å². The molecule has 7 nitrogen and oxygen atoms in total. The number of carbonyl (C=O) groups is 1. The summed E-state index contributed by atoms with van der Waals surface area (Å²) in [6.07, 6.45) is 0.565. The minimum atomic E-state index is -3.61. The van der Waals surface area contributed by atoms with Crippen LogP contribution in [0.3, 0.4) is 0 Å². The van der Waals surface area contributed by atoms with Gasteiger partial charge in [-0.1, -0.05) is 32.0 Å². The maximum absolute atomic E-state index is 12.8. The summed E-state index contributed by atoms with van der Waals surface area (Å²) >= 11 is 0. The summed E-state index contributed by atoms with van der Waals surface area (Å²) in [7, 11) is -3.61. The first-order valence-corrected chi connectivity index (χ1v) is 10.1. The van der Waals surface area contributed by atoms with Crippen molar-refractivity contribution in [2.24, 2.45) is 0 Å². The van der Waals surface area contributed by atoms with Crippen molar-refractivity contribution < 1.29 is 17.7 Å². The van der Waals surface area contributed by atoms with Crippen LogP contribution in [0.2, 0.25) is 0 Å². The second-order valence-corrected chi connectivity index (χ2v) is 7.84. The Morgan fingerprint density at radius 1 is 1.19 bits per heavy atom. The van der Waals surface area contributed by atoms with Crippen molar-refractivity contribution in [2.75, 3.05) is 18.4 Å². The van der Waals surface area contributed by atoms with Crippen molar-refractivity contribution >= 4 is 21.6 Å². The Kier molecular flexibility index (Phi) is 6.20. The Bertz CT molecular complexity index is 899. The van der Waals surface area contributed by atoms with Gasteiger partial charge in [-0.05, 0) is 38.0 Å². The number of amides is 1. The molecule has 0 atom stereocenters. The Morgan fingerprint density at radius 3 is 2.42 bits per heavy atom. The van der Waals surface area contributed by atoms with E-state index in [2.05, 4.69) is 10.5 Å². The first kappa shape index (κ1) is 20.1. The second-order valence-electron chi connectivity index (χ2n) is 5.94. The van der Waals surface area contributed by atoms with Crippen molar-refractivity contribution in [1.82, 2.24) is 9.46 Å². The number of carbonyl (C=O) groups excluding carboxylic acids is 1. The van der Waals surface area contributed by atoms with Crippen LogP contribution in [0, 0.1) is 13.8 Å². The molecule has 0 unspecified atom stereocenters. The highest BCUT2D eigenvalue weighted by molar-refractivity contribution is 7.89. The summed E-state index contributed by atoms with van der Waals surface area (Å²) in [6.45, 7) is 9.65. The molecular formula is C18H25N3O4S. The molecule has 1 aromatic heterocycles. The third kappa shape index (κ3) is 3.81. The standard InChI is InChI=1S/C18H25N3O4S/c1-6-15-17(13(5)25-20-15)18(22)19-14-10-9-12(4)16(11-14)26(23,24)21(7-2)8-3/h9-11H,6-8H2,1-5H3,(H,19,22). The topological polar surface area (TPSA) is 92.5 Å². The molecule has 1 aromatic carbocycles. The summed E-state index contributed by atoms with van der Waals surface area (Å²) in [5, 5.41) is 6.63. The van der Waals surface area contributed by atoms with Crippen molar-refractivity contribution in [3.8, 4) is 0 Å². The van der Waals surface area contributed by atoms with Gasteiger partial charge in [0.25, 0.3) is 5.91 Å². The SMILES string of the molecule is CCc1noc(C)c1C(=O)Nc1ccc(C)c(S(=O)(=O)N(CC)CC)c1. The molecule has 1 amide bonds. The van der Waals surface area contributed by atoms with Gasteiger partial charge in [0.1, 0.15) is 11.3 Å². The van der Waals surface area contributed by atoms with Crippen molar-refractivity contribution in [1.29, 1.82) is 0 Å². The number of hydrogen-bond donors (Lipinski definition) is 1. The first-order valence-electron chi connectivity index (χ1n) is 8.63. The van der Waals surface area contributed by atoms with E-state index >= 15 is 0 Å². The number of anilines is 1. The fraction of sp³-hybridized carbons (Fsp3) is 0.444. The van der Waals surface area contributed by atoms with Crippen LogP contribution in [0.25, 0.3) is 0 Å². The number of aromatic nitrogens is 1. The summed E-state index contributed by atoms with van der Waals surface area (Å²) < 4.78 is 32.1. The van der Waals surface area contributed by atoms with Crippen molar-refractivity contribution in [2.45, 2.75) is 45.9 Å². The smallest absolute Gasteiger partial charge is 0.261 e. The normalized spacial score (nSPS) is 11.8. The molecule has 0 aliphatic heterocycles. The van der Waals surface area contributed by atoms with E-state index in [0.29, 0.717) is 47.8 Å². The van der Waals surface area contributed by atoms with E-state index in [0.717, 1.165) is 0 Å². The van der Waals surface area contributed by atoms with Gasteiger partial charge in [-0.25, -0.2) is 8.42 Å². The molecule has 0 saturated carbocycles. The van der Waals surface area contributed by atoms with Crippen molar-refractivity contribution in [3.05, 3.63) is 40.8 Å². The summed E-state index contributed by atoms with van der Waals surface area (Å²) in [6, 6.07) is 4.87. The van der Waals surface area contributed by atoms with Crippen LogP contribution in [0.15, 0.2) is 27.6 Å². The molecule has 1 N–H and O–H groups in total. The third-order valence-electron chi connectivity index (χ3n) is 4.26. The monoisotopic (exact) mass is 379 g/mol. The number of benzene rings is 1. The molecule has 0 bridgehead atoms. The Morgan fingerprint density at radius 2 is 1.85 bits per heavy atom. The highest BCUT2D eigenvalue weighted by Gasteiger charge is 2.25. The summed E-state index contributed by atoms with van der Waals surface area (Å²) in [4.78, 5) is 12.8. The zero-order valence-corrected chi connectivity index (χ0v) is 16.6. The molecular weight excluding hydrogens is 354 g/mol. The molecule has 0 aliphatic carbocycles. The predicted octanol–water partition coefficient (Wildman–Crippen LogP) is 3.14. The van der Waals surface area contributed by atoms with Crippen LogP contribution >= 0.6 is 0 Å². The molecule has 1 heterocycles. The van der Waals surface area contributed by atoms with Gasteiger partial charge in [-0.3, -0.25) is 4.79 Å². The highest BCUT2D eigenvalue weighted by atomic mass is 32.2. The van der Waals surface area contributed by atoms with Gasteiger partial charge in [-0.2, -0.15) is 4.31 Å². The minimum Gasteiger partial charge on any atom is -0.361 e. The molecule has 2 aromatic rings. The van der Waals surface area contributed by atoms with E-state index in [1.807, 2.05) is 6.92 Å². The summed E-state index contributed by atoms with van der Waals surface area (Å²) in [5.41, 5.74) is 2.00. The Labute approximate surface area is 154 Å². The maximum atomic E-state index is 12.8. The van der Waals surface area contributed by atoms with Crippen LogP contribution in [-0.2, 0) is 16.4 Å². The number of aryl methyl sites for hydroxylation is 3. The lowest BCUT2D eigenvalue weighted by Crippen LogP contribution is -2.31. The number of sulfonamides is 1. The largest absolute Gasteiger partial charge is 0.361 e. The van der Waals surface area contributed by atoms with Crippen LogP contribution in [0.4, 0.5) is 5.69 Å². The predicted molar refractivity (Wildman–Crippen MR) is 99.9 cm³/mol. The van der Waals surface area contributed by atoms with E-state index in [1.54, 1.807) is 39.8 Å². The lowest BCUT2D eigenvalue weighted by atomic mass is 10.1. The van der Waals surface area contributed by atoms with E-state index in [-0.39, 0.29) is 10.8 Å². The zero-order chi connectivity index (χ0) is 19.5. The van der Waals surface area contributed by atoms with E-state index < -0.39 is 10.0 Å². The molecule has 0 radical (unpaired) electrons. The van der Waals surface area contributed by atoms with Gasteiger partial charge in [0.2, 0.25) is 10.0 Å². The number of rotatable bonds is 7. The molecule has 0 fully saturated rings. The van der Waals surface area contributed by atoms with Crippen LogP contribution in [-0.4, -0.2) is 36.9 Å². The number of nitrogens with one attached hydrogen (secondary N) is 1. The first-order chi connectivity index (χ1) is 12.3. The van der Waals surface area contributed by atoms with Crippen LogP contribution < -0.4 is 5.32 Å².